The molecule has 0 atom stereocenters. The van der Waals surface area contributed by atoms with E-state index in [0.717, 1.165) is 23.4 Å². The van der Waals surface area contributed by atoms with E-state index in [4.69, 9.17) is 0 Å². The van der Waals surface area contributed by atoms with E-state index in [-0.39, 0.29) is 12.3 Å². The molecule has 0 radical (unpaired) electrons. The highest BCUT2D eigenvalue weighted by molar-refractivity contribution is 7.13. The van der Waals surface area contributed by atoms with Gasteiger partial charge in [-0.3, -0.25) is 4.79 Å². The predicted molar refractivity (Wildman–Crippen MR) is 116 cm³/mol. The van der Waals surface area contributed by atoms with Crippen LogP contribution >= 0.6 is 11.3 Å². The van der Waals surface area contributed by atoms with Gasteiger partial charge in [0.15, 0.2) is 0 Å². The van der Waals surface area contributed by atoms with E-state index >= 15 is 0 Å². The molecule has 4 aromatic rings. The summed E-state index contributed by atoms with van der Waals surface area (Å²) in [5.41, 5.74) is 2.30. The Kier molecular flexibility index (Phi) is 6.09. The molecule has 2 heterocycles. The molecule has 9 heteroatoms. The molecule has 32 heavy (non-hydrogen) atoms. The SMILES string of the molecule is CN(Cc1cnn(-c2ccccc2)c1)C(=O)Cc1csc(-c2ccc(C(F)(F)F)cc2)n1. The number of rotatable bonds is 6. The van der Waals surface area contributed by atoms with Crippen LogP contribution in [0, 0.1) is 0 Å². The van der Waals surface area contributed by atoms with Gasteiger partial charge in [-0.15, -0.1) is 11.3 Å². The molecule has 5 nitrogen and oxygen atoms in total. The first-order chi connectivity index (χ1) is 15.3. The lowest BCUT2D eigenvalue weighted by atomic mass is 10.1. The standard InChI is InChI=1S/C23H19F3N4OS/c1-29(13-16-12-27-30(14-16)20-5-3-2-4-6-20)21(31)11-19-15-32-22(28-19)17-7-9-18(10-8-17)23(24,25)26/h2-10,12,14-15H,11,13H2,1H3. The van der Waals surface area contributed by atoms with E-state index in [0.29, 0.717) is 22.8 Å². The molecule has 0 unspecified atom stereocenters. The molecule has 0 aliphatic rings. The van der Waals surface area contributed by atoms with Gasteiger partial charge >= 0.3 is 6.18 Å². The minimum atomic E-state index is -4.37. The molecule has 0 spiro atoms. The Balaban J connectivity index is 1.37. The number of halogens is 3. The van der Waals surface area contributed by atoms with Crippen LogP contribution < -0.4 is 0 Å². The minimum Gasteiger partial charge on any atom is -0.341 e. The molecular weight excluding hydrogens is 437 g/mol. The third-order valence-corrected chi connectivity index (χ3v) is 5.79. The minimum absolute atomic E-state index is 0.110. The summed E-state index contributed by atoms with van der Waals surface area (Å²) in [4.78, 5) is 18.7. The second-order valence-corrected chi connectivity index (χ2v) is 8.13. The Bertz CT molecular complexity index is 1200. The molecular formula is C23H19F3N4OS. The van der Waals surface area contributed by atoms with Crippen LogP contribution in [0.15, 0.2) is 72.4 Å². The number of para-hydroxylation sites is 1. The van der Waals surface area contributed by atoms with E-state index in [1.165, 1.54) is 23.5 Å². The Hall–Kier alpha value is -3.46. The van der Waals surface area contributed by atoms with Gasteiger partial charge in [-0.25, -0.2) is 9.67 Å². The van der Waals surface area contributed by atoms with Gasteiger partial charge in [-0.1, -0.05) is 30.3 Å². The van der Waals surface area contributed by atoms with E-state index in [2.05, 4.69) is 10.1 Å². The Morgan fingerprint density at radius 3 is 2.50 bits per heavy atom. The number of hydrogen-bond acceptors (Lipinski definition) is 4. The summed E-state index contributed by atoms with van der Waals surface area (Å²) >= 11 is 1.30. The summed E-state index contributed by atoms with van der Waals surface area (Å²) in [6.07, 6.45) is -0.658. The molecule has 2 aromatic heterocycles. The van der Waals surface area contributed by atoms with Gasteiger partial charge in [0.25, 0.3) is 0 Å². The predicted octanol–water partition coefficient (Wildman–Crippen LogP) is 5.22. The number of alkyl halides is 3. The Morgan fingerprint density at radius 1 is 1.09 bits per heavy atom. The maximum absolute atomic E-state index is 12.7. The van der Waals surface area contributed by atoms with Crippen LogP contribution in [0.3, 0.4) is 0 Å². The second-order valence-electron chi connectivity index (χ2n) is 7.27. The van der Waals surface area contributed by atoms with E-state index < -0.39 is 11.7 Å². The maximum atomic E-state index is 12.7. The quantitative estimate of drug-likeness (QED) is 0.400. The summed E-state index contributed by atoms with van der Waals surface area (Å²) in [6.45, 7) is 0.404. The first-order valence-electron chi connectivity index (χ1n) is 9.74. The molecule has 0 saturated heterocycles. The monoisotopic (exact) mass is 456 g/mol. The zero-order chi connectivity index (χ0) is 22.7. The average Bonchev–Trinajstić information content (AvgIpc) is 3.44. The zero-order valence-electron chi connectivity index (χ0n) is 17.1. The van der Waals surface area contributed by atoms with E-state index in [1.54, 1.807) is 28.2 Å². The molecule has 0 saturated carbocycles. The third-order valence-electron chi connectivity index (χ3n) is 4.85. The molecule has 0 bridgehead atoms. The van der Waals surface area contributed by atoms with Gasteiger partial charge in [-0.2, -0.15) is 18.3 Å². The zero-order valence-corrected chi connectivity index (χ0v) is 17.9. The van der Waals surface area contributed by atoms with Crippen molar-refractivity contribution in [2.75, 3.05) is 7.05 Å². The van der Waals surface area contributed by atoms with Gasteiger partial charge in [0.2, 0.25) is 5.91 Å². The van der Waals surface area contributed by atoms with Crippen molar-refractivity contribution in [1.29, 1.82) is 0 Å². The van der Waals surface area contributed by atoms with Crippen LogP contribution in [0.4, 0.5) is 13.2 Å². The van der Waals surface area contributed by atoms with Gasteiger partial charge in [0.1, 0.15) is 5.01 Å². The topological polar surface area (TPSA) is 51.0 Å². The van der Waals surface area contributed by atoms with Gasteiger partial charge in [-0.05, 0) is 24.3 Å². The van der Waals surface area contributed by atoms with Crippen molar-refractivity contribution in [2.45, 2.75) is 19.1 Å². The molecule has 0 aliphatic heterocycles. The normalized spacial score (nSPS) is 11.5. The van der Waals surface area contributed by atoms with Gasteiger partial charge in [0, 0.05) is 36.3 Å². The van der Waals surface area contributed by atoms with Crippen molar-refractivity contribution >= 4 is 17.2 Å². The summed E-state index contributed by atoms with van der Waals surface area (Å²) in [7, 11) is 1.71. The smallest absolute Gasteiger partial charge is 0.341 e. The molecule has 1 amide bonds. The first kappa shape index (κ1) is 21.8. The van der Waals surface area contributed by atoms with Crippen molar-refractivity contribution < 1.29 is 18.0 Å². The fraction of sp³-hybridized carbons (Fsp3) is 0.174. The molecule has 0 N–H and O–H groups in total. The van der Waals surface area contributed by atoms with Crippen LogP contribution in [0.2, 0.25) is 0 Å². The fourth-order valence-corrected chi connectivity index (χ4v) is 3.96. The van der Waals surface area contributed by atoms with E-state index in [1.807, 2.05) is 36.5 Å². The second kappa shape index (κ2) is 8.96. The van der Waals surface area contributed by atoms with Crippen LogP contribution in [-0.4, -0.2) is 32.6 Å². The molecule has 2 aromatic carbocycles. The summed E-state index contributed by atoms with van der Waals surface area (Å²) in [5.74, 6) is -0.110. The molecule has 0 fully saturated rings. The van der Waals surface area contributed by atoms with Gasteiger partial charge in [0.05, 0.1) is 29.6 Å². The maximum Gasteiger partial charge on any atom is 0.416 e. The lowest BCUT2D eigenvalue weighted by Crippen LogP contribution is -2.27. The summed E-state index contributed by atoms with van der Waals surface area (Å²) < 4.78 is 39.9. The third kappa shape index (κ3) is 5.05. The van der Waals surface area contributed by atoms with E-state index in [9.17, 15) is 18.0 Å². The van der Waals surface area contributed by atoms with Crippen LogP contribution in [0.5, 0.6) is 0 Å². The van der Waals surface area contributed by atoms with Crippen LogP contribution in [-0.2, 0) is 23.9 Å². The molecule has 4 rings (SSSR count). The average molecular weight is 456 g/mol. The molecule has 0 aliphatic carbocycles. The Morgan fingerprint density at radius 2 is 1.81 bits per heavy atom. The number of carbonyl (C=O) groups excluding carboxylic acids is 1. The summed E-state index contributed by atoms with van der Waals surface area (Å²) in [6, 6.07) is 14.5. The summed E-state index contributed by atoms with van der Waals surface area (Å²) in [5, 5.41) is 6.67. The van der Waals surface area contributed by atoms with Crippen LogP contribution in [0.1, 0.15) is 16.8 Å². The lowest BCUT2D eigenvalue weighted by molar-refractivity contribution is -0.137. The number of aromatic nitrogens is 3. The number of amides is 1. The van der Waals surface area contributed by atoms with Crippen molar-refractivity contribution in [2.24, 2.45) is 0 Å². The number of thiazole rings is 1. The number of likely N-dealkylation sites (N-methyl/N-ethyl adjacent to an activating group) is 1. The van der Waals surface area contributed by atoms with Crippen LogP contribution in [0.25, 0.3) is 16.3 Å². The van der Waals surface area contributed by atoms with Crippen molar-refractivity contribution in [3.63, 3.8) is 0 Å². The Labute approximate surface area is 186 Å². The van der Waals surface area contributed by atoms with Gasteiger partial charge < -0.3 is 4.90 Å². The highest BCUT2D eigenvalue weighted by Crippen LogP contribution is 2.31. The van der Waals surface area contributed by atoms with Crippen molar-refractivity contribution in [3.05, 3.63) is 89.2 Å². The number of benzene rings is 2. The number of hydrogen-bond donors (Lipinski definition) is 0. The molecule has 164 valence electrons. The van der Waals surface area contributed by atoms with Crippen molar-refractivity contribution in [3.8, 4) is 16.3 Å². The highest BCUT2D eigenvalue weighted by atomic mass is 32.1. The lowest BCUT2D eigenvalue weighted by Gasteiger charge is -2.15. The highest BCUT2D eigenvalue weighted by Gasteiger charge is 2.30. The number of carbonyl (C=O) groups is 1. The largest absolute Gasteiger partial charge is 0.416 e. The first-order valence-corrected chi connectivity index (χ1v) is 10.6. The van der Waals surface area contributed by atoms with Crippen molar-refractivity contribution in [1.82, 2.24) is 19.7 Å². The fourth-order valence-electron chi connectivity index (χ4n) is 3.14. The number of nitrogens with zero attached hydrogens (tertiary/aromatic N) is 4.